The largest absolute Gasteiger partial charge is 0.508 e. The first-order chi connectivity index (χ1) is 7.20. The van der Waals surface area contributed by atoms with Crippen molar-refractivity contribution >= 4 is 0 Å². The van der Waals surface area contributed by atoms with Crippen molar-refractivity contribution in [1.29, 1.82) is 0 Å². The zero-order chi connectivity index (χ0) is 10.8. The number of phenolic OH excluding ortho intramolecular Hbond substituents is 1. The lowest BCUT2D eigenvalue weighted by atomic mass is 9.77. The van der Waals surface area contributed by atoms with Crippen molar-refractivity contribution in [3.05, 3.63) is 29.3 Å². The quantitative estimate of drug-likeness (QED) is 0.776. The minimum absolute atomic E-state index is 0.384. The molecule has 1 aromatic rings. The average molecular weight is 205 g/mol. The van der Waals surface area contributed by atoms with Crippen LogP contribution in [0.5, 0.6) is 5.75 Å². The molecule has 2 unspecified atom stereocenters. The van der Waals surface area contributed by atoms with Crippen LogP contribution in [0.2, 0.25) is 0 Å². The molecule has 3 N–H and O–H groups in total. The van der Waals surface area contributed by atoms with E-state index in [1.807, 2.05) is 12.1 Å². The van der Waals surface area contributed by atoms with Crippen LogP contribution < -0.4 is 5.73 Å². The molecular formula is C13H19NO. The molecule has 2 rings (SSSR count). The summed E-state index contributed by atoms with van der Waals surface area (Å²) in [7, 11) is 0. The van der Waals surface area contributed by atoms with Gasteiger partial charge in [0.25, 0.3) is 0 Å². The molecule has 0 saturated carbocycles. The second kappa shape index (κ2) is 4.23. The number of hydrogen-bond acceptors (Lipinski definition) is 2. The molecule has 0 aromatic heterocycles. The minimum atomic E-state index is 0.384. The standard InChI is InChI=1S/C13H19NO/c1-9(8-14)11-3-2-10-4-5-13(15)7-12(10)6-11/h4-5,7,9,11,15H,2-3,6,8,14H2,1H3. The van der Waals surface area contributed by atoms with Crippen LogP contribution in [-0.4, -0.2) is 11.7 Å². The van der Waals surface area contributed by atoms with Gasteiger partial charge in [0.05, 0.1) is 0 Å². The first kappa shape index (κ1) is 10.5. The Morgan fingerprint density at radius 3 is 3.00 bits per heavy atom. The zero-order valence-corrected chi connectivity index (χ0v) is 9.24. The molecule has 0 fully saturated rings. The highest BCUT2D eigenvalue weighted by molar-refractivity contribution is 5.36. The van der Waals surface area contributed by atoms with Gasteiger partial charge in [-0.25, -0.2) is 0 Å². The molecule has 0 aliphatic heterocycles. The van der Waals surface area contributed by atoms with Crippen molar-refractivity contribution in [3.8, 4) is 5.75 Å². The van der Waals surface area contributed by atoms with E-state index in [0.29, 0.717) is 17.6 Å². The Bertz CT molecular complexity index is 348. The molecule has 2 atom stereocenters. The SMILES string of the molecule is CC(CN)C1CCc2ccc(O)cc2C1. The number of benzene rings is 1. The maximum Gasteiger partial charge on any atom is 0.115 e. The third-order valence-electron chi connectivity index (χ3n) is 3.63. The summed E-state index contributed by atoms with van der Waals surface area (Å²) < 4.78 is 0. The van der Waals surface area contributed by atoms with Crippen LogP contribution in [0, 0.1) is 11.8 Å². The molecule has 0 saturated heterocycles. The van der Waals surface area contributed by atoms with Gasteiger partial charge in [-0.1, -0.05) is 13.0 Å². The molecule has 2 nitrogen and oxygen atoms in total. The van der Waals surface area contributed by atoms with E-state index in [-0.39, 0.29) is 0 Å². The molecule has 82 valence electrons. The molecule has 2 heteroatoms. The fourth-order valence-electron chi connectivity index (χ4n) is 2.45. The Labute approximate surface area is 91.1 Å². The molecule has 0 bridgehead atoms. The number of hydrogen-bond donors (Lipinski definition) is 2. The molecule has 0 amide bonds. The van der Waals surface area contributed by atoms with Crippen molar-refractivity contribution in [2.45, 2.75) is 26.2 Å². The summed E-state index contributed by atoms with van der Waals surface area (Å²) in [5, 5.41) is 9.45. The van der Waals surface area contributed by atoms with Gasteiger partial charge in [0.15, 0.2) is 0 Å². The van der Waals surface area contributed by atoms with Crippen molar-refractivity contribution in [1.82, 2.24) is 0 Å². The van der Waals surface area contributed by atoms with Crippen molar-refractivity contribution in [2.24, 2.45) is 17.6 Å². The second-order valence-electron chi connectivity index (χ2n) is 4.67. The molecule has 1 aliphatic carbocycles. The molecular weight excluding hydrogens is 186 g/mol. The summed E-state index contributed by atoms with van der Waals surface area (Å²) in [4.78, 5) is 0. The fourth-order valence-corrected chi connectivity index (χ4v) is 2.45. The third-order valence-corrected chi connectivity index (χ3v) is 3.63. The second-order valence-corrected chi connectivity index (χ2v) is 4.67. The summed E-state index contributed by atoms with van der Waals surface area (Å²) >= 11 is 0. The molecule has 1 aliphatic rings. The van der Waals surface area contributed by atoms with Crippen LogP contribution in [0.15, 0.2) is 18.2 Å². The highest BCUT2D eigenvalue weighted by Gasteiger charge is 2.22. The fraction of sp³-hybridized carbons (Fsp3) is 0.538. The van der Waals surface area contributed by atoms with E-state index in [1.165, 1.54) is 17.5 Å². The van der Waals surface area contributed by atoms with Gasteiger partial charge in [0.1, 0.15) is 5.75 Å². The Morgan fingerprint density at radius 2 is 2.27 bits per heavy atom. The lowest BCUT2D eigenvalue weighted by Crippen LogP contribution is -2.26. The third kappa shape index (κ3) is 2.15. The van der Waals surface area contributed by atoms with Crippen LogP contribution >= 0.6 is 0 Å². The predicted molar refractivity (Wildman–Crippen MR) is 61.8 cm³/mol. The number of nitrogens with two attached hydrogens (primary N) is 1. The van der Waals surface area contributed by atoms with Crippen LogP contribution in [0.25, 0.3) is 0 Å². The van der Waals surface area contributed by atoms with Gasteiger partial charge in [-0.2, -0.15) is 0 Å². The number of rotatable bonds is 2. The molecule has 0 radical (unpaired) electrons. The smallest absolute Gasteiger partial charge is 0.115 e. The summed E-state index contributed by atoms with van der Waals surface area (Å²) in [5.41, 5.74) is 8.41. The van der Waals surface area contributed by atoms with Crippen LogP contribution in [0.3, 0.4) is 0 Å². The Kier molecular flexibility index (Phi) is 2.96. The normalized spacial score (nSPS) is 22.1. The maximum absolute atomic E-state index is 9.45. The Hall–Kier alpha value is -1.02. The van der Waals surface area contributed by atoms with Crippen molar-refractivity contribution < 1.29 is 5.11 Å². The molecule has 0 heterocycles. The molecule has 1 aromatic carbocycles. The summed E-state index contributed by atoms with van der Waals surface area (Å²) in [6, 6.07) is 5.74. The minimum Gasteiger partial charge on any atom is -0.508 e. The van der Waals surface area contributed by atoms with Gasteiger partial charge in [0, 0.05) is 0 Å². The van der Waals surface area contributed by atoms with E-state index >= 15 is 0 Å². The van der Waals surface area contributed by atoms with Gasteiger partial charge in [0.2, 0.25) is 0 Å². The summed E-state index contributed by atoms with van der Waals surface area (Å²) in [5.74, 6) is 1.65. The zero-order valence-electron chi connectivity index (χ0n) is 9.24. The lowest BCUT2D eigenvalue weighted by Gasteiger charge is -2.28. The van der Waals surface area contributed by atoms with Crippen LogP contribution in [0.4, 0.5) is 0 Å². The monoisotopic (exact) mass is 205 g/mol. The van der Waals surface area contributed by atoms with E-state index in [9.17, 15) is 5.11 Å². The lowest BCUT2D eigenvalue weighted by molar-refractivity contribution is 0.326. The highest BCUT2D eigenvalue weighted by atomic mass is 16.3. The first-order valence-corrected chi connectivity index (χ1v) is 5.71. The number of aryl methyl sites for hydroxylation is 1. The van der Waals surface area contributed by atoms with E-state index in [1.54, 1.807) is 6.07 Å². The number of phenols is 1. The molecule has 0 spiro atoms. The van der Waals surface area contributed by atoms with Gasteiger partial charge in [-0.05, 0) is 60.9 Å². The van der Waals surface area contributed by atoms with E-state index in [0.717, 1.165) is 19.4 Å². The van der Waals surface area contributed by atoms with Gasteiger partial charge in [-0.15, -0.1) is 0 Å². The van der Waals surface area contributed by atoms with E-state index in [2.05, 4.69) is 6.92 Å². The van der Waals surface area contributed by atoms with Crippen molar-refractivity contribution in [3.63, 3.8) is 0 Å². The molecule has 15 heavy (non-hydrogen) atoms. The van der Waals surface area contributed by atoms with E-state index < -0.39 is 0 Å². The number of fused-ring (bicyclic) bond motifs is 1. The van der Waals surface area contributed by atoms with Gasteiger partial charge in [-0.3, -0.25) is 0 Å². The average Bonchev–Trinajstić information content (AvgIpc) is 2.27. The highest BCUT2D eigenvalue weighted by Crippen LogP contribution is 2.31. The Morgan fingerprint density at radius 1 is 1.47 bits per heavy atom. The summed E-state index contributed by atoms with van der Waals surface area (Å²) in [6.07, 6.45) is 3.43. The van der Waals surface area contributed by atoms with E-state index in [4.69, 9.17) is 5.73 Å². The summed E-state index contributed by atoms with van der Waals surface area (Å²) in [6.45, 7) is 2.98. The maximum atomic E-state index is 9.45. The van der Waals surface area contributed by atoms with Crippen LogP contribution in [-0.2, 0) is 12.8 Å². The first-order valence-electron chi connectivity index (χ1n) is 5.71. The van der Waals surface area contributed by atoms with Crippen molar-refractivity contribution in [2.75, 3.05) is 6.54 Å². The van der Waals surface area contributed by atoms with Crippen LogP contribution in [0.1, 0.15) is 24.5 Å². The predicted octanol–water partition coefficient (Wildman–Crippen LogP) is 2.09. The number of aromatic hydroxyl groups is 1. The van der Waals surface area contributed by atoms with Gasteiger partial charge < -0.3 is 10.8 Å². The topological polar surface area (TPSA) is 46.2 Å². The Balaban J connectivity index is 2.18. The van der Waals surface area contributed by atoms with Gasteiger partial charge >= 0.3 is 0 Å².